The number of hydrogen-bond acceptors (Lipinski definition) is 2. The Morgan fingerprint density at radius 2 is 2.31 bits per heavy atom. The van der Waals surface area contributed by atoms with Crippen LogP contribution in [-0.2, 0) is 4.79 Å². The Labute approximate surface area is 98.7 Å². The topological polar surface area (TPSA) is 32.9 Å². The molecule has 3 heteroatoms. The van der Waals surface area contributed by atoms with E-state index in [2.05, 4.69) is 29.2 Å². The third-order valence-corrected chi connectivity index (χ3v) is 3.04. The lowest BCUT2D eigenvalue weighted by atomic mass is 10.1. The molecular formula is C13H13NOS. The Kier molecular flexibility index (Phi) is 3.47. The third-order valence-electron chi connectivity index (χ3n) is 2.27. The first-order valence-electron chi connectivity index (χ1n) is 5.13. The SMILES string of the molecule is CC(=O)SCC=Cc1ccc2cc[nH]c2c1. The highest BCUT2D eigenvalue weighted by molar-refractivity contribution is 8.13. The molecule has 82 valence electrons. The maximum atomic E-state index is 10.7. The molecule has 0 saturated heterocycles. The molecule has 1 aromatic heterocycles. The van der Waals surface area contributed by atoms with Crippen LogP contribution in [0.3, 0.4) is 0 Å². The third kappa shape index (κ3) is 2.76. The number of nitrogens with one attached hydrogen (secondary N) is 1. The Hall–Kier alpha value is -1.48. The molecule has 0 atom stereocenters. The standard InChI is InChI=1S/C13H13NOS/c1-10(15)16-8-2-3-11-4-5-12-6-7-14-13(12)9-11/h2-7,9,14H,8H2,1H3. The molecule has 0 radical (unpaired) electrons. The molecule has 0 bridgehead atoms. The molecule has 0 spiro atoms. The molecule has 2 rings (SSSR count). The molecule has 1 N–H and O–H groups in total. The highest BCUT2D eigenvalue weighted by atomic mass is 32.2. The molecule has 2 nitrogen and oxygen atoms in total. The number of carbonyl (C=O) groups excluding carboxylic acids is 1. The predicted molar refractivity (Wildman–Crippen MR) is 70.5 cm³/mol. The highest BCUT2D eigenvalue weighted by Crippen LogP contribution is 2.15. The van der Waals surface area contributed by atoms with Crippen LogP contribution < -0.4 is 0 Å². The number of H-pyrrole nitrogens is 1. The minimum atomic E-state index is 0.157. The zero-order chi connectivity index (χ0) is 11.4. The Balaban J connectivity index is 2.06. The smallest absolute Gasteiger partial charge is 0.186 e. The number of aromatic amines is 1. The van der Waals surface area contributed by atoms with Crippen LogP contribution in [0.25, 0.3) is 17.0 Å². The van der Waals surface area contributed by atoms with Gasteiger partial charge in [0.15, 0.2) is 5.12 Å². The summed E-state index contributed by atoms with van der Waals surface area (Å²) in [7, 11) is 0. The fraction of sp³-hybridized carbons (Fsp3) is 0.154. The normalized spacial score (nSPS) is 11.3. The van der Waals surface area contributed by atoms with Gasteiger partial charge in [0.25, 0.3) is 0 Å². The molecule has 0 aliphatic rings. The lowest BCUT2D eigenvalue weighted by molar-refractivity contribution is -0.109. The molecule has 16 heavy (non-hydrogen) atoms. The Morgan fingerprint density at radius 3 is 3.12 bits per heavy atom. The number of aromatic nitrogens is 1. The van der Waals surface area contributed by atoms with E-state index >= 15 is 0 Å². The molecule has 0 fully saturated rings. The van der Waals surface area contributed by atoms with Crippen molar-refractivity contribution in [2.45, 2.75) is 6.92 Å². The summed E-state index contributed by atoms with van der Waals surface area (Å²) in [5.41, 5.74) is 2.29. The largest absolute Gasteiger partial charge is 0.361 e. The van der Waals surface area contributed by atoms with Gasteiger partial charge in [-0.1, -0.05) is 36.0 Å². The van der Waals surface area contributed by atoms with Crippen LogP contribution in [-0.4, -0.2) is 15.9 Å². The fourth-order valence-corrected chi connectivity index (χ4v) is 1.95. The summed E-state index contributed by atoms with van der Waals surface area (Å²) in [5.74, 6) is 0.734. The maximum Gasteiger partial charge on any atom is 0.186 e. The summed E-state index contributed by atoms with van der Waals surface area (Å²) in [6.07, 6.45) is 5.98. The molecular weight excluding hydrogens is 218 g/mol. The maximum absolute atomic E-state index is 10.7. The van der Waals surface area contributed by atoms with Gasteiger partial charge in [0, 0.05) is 24.4 Å². The minimum Gasteiger partial charge on any atom is -0.361 e. The molecule has 0 unspecified atom stereocenters. The zero-order valence-electron chi connectivity index (χ0n) is 9.07. The van der Waals surface area contributed by atoms with Crippen LogP contribution in [0.2, 0.25) is 0 Å². The molecule has 0 saturated carbocycles. The van der Waals surface area contributed by atoms with Gasteiger partial charge in [-0.15, -0.1) is 0 Å². The lowest BCUT2D eigenvalue weighted by Crippen LogP contribution is -1.81. The van der Waals surface area contributed by atoms with Crippen LogP contribution >= 0.6 is 11.8 Å². The fourth-order valence-electron chi connectivity index (χ4n) is 1.52. The molecule has 2 aromatic rings. The average Bonchev–Trinajstić information content (AvgIpc) is 2.71. The number of carbonyl (C=O) groups is 1. The van der Waals surface area contributed by atoms with E-state index in [4.69, 9.17) is 0 Å². The number of hydrogen-bond donors (Lipinski definition) is 1. The second-order valence-corrected chi connectivity index (χ2v) is 4.73. The van der Waals surface area contributed by atoms with Gasteiger partial charge in [0.2, 0.25) is 0 Å². The molecule has 0 amide bonds. The zero-order valence-corrected chi connectivity index (χ0v) is 9.88. The van der Waals surface area contributed by atoms with Crippen molar-refractivity contribution in [1.82, 2.24) is 4.98 Å². The Bertz CT molecular complexity index is 527. The van der Waals surface area contributed by atoms with Gasteiger partial charge in [0.1, 0.15) is 0 Å². The summed E-state index contributed by atoms with van der Waals surface area (Å²) >= 11 is 1.32. The minimum absolute atomic E-state index is 0.157. The van der Waals surface area contributed by atoms with E-state index in [1.54, 1.807) is 6.92 Å². The Morgan fingerprint density at radius 1 is 1.44 bits per heavy atom. The first-order valence-corrected chi connectivity index (χ1v) is 6.11. The van der Waals surface area contributed by atoms with Crippen molar-refractivity contribution < 1.29 is 4.79 Å². The van der Waals surface area contributed by atoms with E-state index in [1.165, 1.54) is 17.1 Å². The van der Waals surface area contributed by atoms with E-state index < -0.39 is 0 Å². The van der Waals surface area contributed by atoms with E-state index in [1.807, 2.05) is 18.3 Å². The molecule has 1 heterocycles. The first kappa shape index (κ1) is 11.0. The molecule has 1 aromatic carbocycles. The van der Waals surface area contributed by atoms with E-state index in [-0.39, 0.29) is 5.12 Å². The summed E-state index contributed by atoms with van der Waals surface area (Å²) in [4.78, 5) is 13.9. The van der Waals surface area contributed by atoms with Crippen molar-refractivity contribution in [1.29, 1.82) is 0 Å². The van der Waals surface area contributed by atoms with Crippen molar-refractivity contribution in [3.8, 4) is 0 Å². The average molecular weight is 231 g/mol. The van der Waals surface area contributed by atoms with Crippen molar-refractivity contribution in [3.63, 3.8) is 0 Å². The van der Waals surface area contributed by atoms with E-state index in [0.717, 1.165) is 16.8 Å². The van der Waals surface area contributed by atoms with Gasteiger partial charge in [-0.05, 0) is 23.1 Å². The lowest BCUT2D eigenvalue weighted by Gasteiger charge is -1.94. The summed E-state index contributed by atoms with van der Waals surface area (Å²) in [5, 5.41) is 1.37. The number of thioether (sulfide) groups is 1. The van der Waals surface area contributed by atoms with Gasteiger partial charge in [-0.2, -0.15) is 0 Å². The van der Waals surface area contributed by atoms with Crippen LogP contribution in [0, 0.1) is 0 Å². The summed E-state index contributed by atoms with van der Waals surface area (Å²) < 4.78 is 0. The van der Waals surface area contributed by atoms with Crippen LogP contribution in [0.1, 0.15) is 12.5 Å². The first-order chi connectivity index (χ1) is 7.75. The van der Waals surface area contributed by atoms with Gasteiger partial charge in [-0.3, -0.25) is 4.79 Å². The monoisotopic (exact) mass is 231 g/mol. The van der Waals surface area contributed by atoms with Crippen molar-refractivity contribution in [3.05, 3.63) is 42.1 Å². The van der Waals surface area contributed by atoms with Gasteiger partial charge < -0.3 is 4.98 Å². The van der Waals surface area contributed by atoms with Gasteiger partial charge in [0.05, 0.1) is 0 Å². The summed E-state index contributed by atoms with van der Waals surface area (Å²) in [6.45, 7) is 1.59. The summed E-state index contributed by atoms with van der Waals surface area (Å²) in [6, 6.07) is 8.31. The second-order valence-electron chi connectivity index (χ2n) is 3.53. The quantitative estimate of drug-likeness (QED) is 0.877. The van der Waals surface area contributed by atoms with Gasteiger partial charge >= 0.3 is 0 Å². The molecule has 0 aliphatic heterocycles. The number of benzene rings is 1. The van der Waals surface area contributed by atoms with Crippen LogP contribution in [0.15, 0.2) is 36.5 Å². The highest BCUT2D eigenvalue weighted by Gasteiger charge is 1.94. The number of fused-ring (bicyclic) bond motifs is 1. The van der Waals surface area contributed by atoms with E-state index in [0.29, 0.717) is 0 Å². The second kappa shape index (κ2) is 5.03. The van der Waals surface area contributed by atoms with Gasteiger partial charge in [-0.25, -0.2) is 0 Å². The number of rotatable bonds is 3. The van der Waals surface area contributed by atoms with Crippen molar-refractivity contribution >= 4 is 33.9 Å². The van der Waals surface area contributed by atoms with Crippen molar-refractivity contribution in [2.24, 2.45) is 0 Å². The van der Waals surface area contributed by atoms with Crippen LogP contribution in [0.5, 0.6) is 0 Å². The van der Waals surface area contributed by atoms with E-state index in [9.17, 15) is 4.79 Å². The van der Waals surface area contributed by atoms with Crippen molar-refractivity contribution in [2.75, 3.05) is 5.75 Å². The molecule has 0 aliphatic carbocycles. The predicted octanol–water partition coefficient (Wildman–Crippen LogP) is 3.46. The van der Waals surface area contributed by atoms with Crippen LogP contribution in [0.4, 0.5) is 0 Å².